The minimum Gasteiger partial charge on any atom is -0.391 e. The van der Waals surface area contributed by atoms with Gasteiger partial charge in [0.15, 0.2) is 0 Å². The summed E-state index contributed by atoms with van der Waals surface area (Å²) in [5, 5.41) is 10.5. The van der Waals surface area contributed by atoms with E-state index < -0.39 is 0 Å². The molecule has 1 N–H and O–H groups in total. The number of benzene rings is 2. The maximum Gasteiger partial charge on any atom is 0.0721 e. The molecule has 0 amide bonds. The van der Waals surface area contributed by atoms with Crippen molar-refractivity contribution in [1.29, 1.82) is 0 Å². The molecule has 0 saturated heterocycles. The number of hydrogen-bond acceptors (Lipinski definition) is 2. The van der Waals surface area contributed by atoms with Gasteiger partial charge in [-0.2, -0.15) is 0 Å². The molecule has 0 spiro atoms. The van der Waals surface area contributed by atoms with Crippen molar-refractivity contribution in [1.82, 2.24) is 4.90 Å². The van der Waals surface area contributed by atoms with Crippen LogP contribution in [0.25, 0.3) is 0 Å². The number of aliphatic hydroxyl groups is 1. The van der Waals surface area contributed by atoms with Crippen LogP contribution >= 0.6 is 0 Å². The Morgan fingerprint density at radius 1 is 0.909 bits per heavy atom. The molecule has 1 aliphatic carbocycles. The first-order valence-electron chi connectivity index (χ1n) is 8.24. The highest BCUT2D eigenvalue weighted by molar-refractivity contribution is 5.17. The van der Waals surface area contributed by atoms with E-state index in [4.69, 9.17) is 0 Å². The first kappa shape index (κ1) is 15.3. The van der Waals surface area contributed by atoms with E-state index >= 15 is 0 Å². The van der Waals surface area contributed by atoms with Crippen molar-refractivity contribution in [2.45, 2.75) is 45.0 Å². The zero-order valence-electron chi connectivity index (χ0n) is 13.2. The topological polar surface area (TPSA) is 23.5 Å². The van der Waals surface area contributed by atoms with Gasteiger partial charge in [0.1, 0.15) is 0 Å². The summed E-state index contributed by atoms with van der Waals surface area (Å²) in [5.41, 5.74) is 2.60. The van der Waals surface area contributed by atoms with E-state index in [-0.39, 0.29) is 12.1 Å². The summed E-state index contributed by atoms with van der Waals surface area (Å²) in [6, 6.07) is 21.2. The van der Waals surface area contributed by atoms with E-state index in [1.54, 1.807) is 0 Å². The van der Waals surface area contributed by atoms with Gasteiger partial charge >= 0.3 is 0 Å². The Labute approximate surface area is 133 Å². The third kappa shape index (κ3) is 3.96. The van der Waals surface area contributed by atoms with Crippen molar-refractivity contribution >= 4 is 0 Å². The predicted octanol–water partition coefficient (Wildman–Crippen LogP) is 3.85. The third-order valence-corrected chi connectivity index (χ3v) is 4.63. The van der Waals surface area contributed by atoms with Gasteiger partial charge in [-0.25, -0.2) is 0 Å². The Morgan fingerprint density at radius 3 is 1.77 bits per heavy atom. The molecular weight excluding hydrogens is 270 g/mol. The second kappa shape index (κ2) is 7.08. The Hall–Kier alpha value is -1.64. The molecule has 22 heavy (non-hydrogen) atoms. The van der Waals surface area contributed by atoms with E-state index in [0.29, 0.717) is 5.92 Å². The van der Waals surface area contributed by atoms with Crippen molar-refractivity contribution < 1.29 is 5.11 Å². The summed E-state index contributed by atoms with van der Waals surface area (Å²) in [4.78, 5) is 2.40. The minimum atomic E-state index is -0.215. The van der Waals surface area contributed by atoms with Gasteiger partial charge in [0.2, 0.25) is 0 Å². The van der Waals surface area contributed by atoms with Gasteiger partial charge in [0, 0.05) is 19.1 Å². The van der Waals surface area contributed by atoms with Crippen LogP contribution in [0.5, 0.6) is 0 Å². The fourth-order valence-electron chi connectivity index (χ4n) is 3.03. The SMILES string of the molecule is CC(C(O)C1CC1)N(Cc1ccccc1)Cc1ccccc1. The van der Waals surface area contributed by atoms with Gasteiger partial charge in [0.05, 0.1) is 6.10 Å². The first-order valence-corrected chi connectivity index (χ1v) is 8.24. The lowest BCUT2D eigenvalue weighted by atomic mass is 10.0. The zero-order chi connectivity index (χ0) is 15.4. The zero-order valence-corrected chi connectivity index (χ0v) is 13.2. The normalized spacial score (nSPS) is 17.4. The largest absolute Gasteiger partial charge is 0.391 e. The maximum atomic E-state index is 10.5. The second-order valence-corrected chi connectivity index (χ2v) is 6.44. The van der Waals surface area contributed by atoms with E-state index in [1.165, 1.54) is 24.0 Å². The predicted molar refractivity (Wildman–Crippen MR) is 90.3 cm³/mol. The minimum absolute atomic E-state index is 0.174. The van der Waals surface area contributed by atoms with Gasteiger partial charge in [-0.05, 0) is 36.8 Å². The molecule has 2 atom stereocenters. The summed E-state index contributed by atoms with van der Waals surface area (Å²) in [7, 11) is 0. The van der Waals surface area contributed by atoms with Gasteiger partial charge in [-0.15, -0.1) is 0 Å². The van der Waals surface area contributed by atoms with Crippen LogP contribution in [0.4, 0.5) is 0 Å². The molecule has 0 radical (unpaired) electrons. The summed E-state index contributed by atoms with van der Waals surface area (Å²) in [6.07, 6.45) is 2.14. The lowest BCUT2D eigenvalue weighted by Gasteiger charge is -2.32. The summed E-state index contributed by atoms with van der Waals surface area (Å²) in [5.74, 6) is 0.504. The molecule has 2 aromatic rings. The molecule has 1 aliphatic rings. The van der Waals surface area contributed by atoms with Crippen molar-refractivity contribution in [3.63, 3.8) is 0 Å². The van der Waals surface area contributed by atoms with Crippen molar-refractivity contribution in [3.8, 4) is 0 Å². The maximum absolute atomic E-state index is 10.5. The second-order valence-electron chi connectivity index (χ2n) is 6.44. The van der Waals surface area contributed by atoms with Gasteiger partial charge < -0.3 is 5.11 Å². The molecule has 2 heteroatoms. The molecule has 116 valence electrons. The lowest BCUT2D eigenvalue weighted by Crippen LogP contribution is -2.41. The fourth-order valence-corrected chi connectivity index (χ4v) is 3.03. The first-order chi connectivity index (χ1) is 10.7. The van der Waals surface area contributed by atoms with Gasteiger partial charge in [-0.3, -0.25) is 4.90 Å². The average Bonchev–Trinajstić information content (AvgIpc) is 3.40. The van der Waals surface area contributed by atoms with Crippen molar-refractivity contribution in [3.05, 3.63) is 71.8 Å². The van der Waals surface area contributed by atoms with Crippen LogP contribution in [0, 0.1) is 5.92 Å². The Bertz CT molecular complexity index is 523. The van der Waals surface area contributed by atoms with Crippen molar-refractivity contribution in [2.75, 3.05) is 0 Å². The van der Waals surface area contributed by atoms with Gasteiger partial charge in [-0.1, -0.05) is 60.7 Å². The van der Waals surface area contributed by atoms with Crippen LogP contribution in [0.2, 0.25) is 0 Å². The number of hydrogen-bond donors (Lipinski definition) is 1. The van der Waals surface area contributed by atoms with Crippen LogP contribution in [0.3, 0.4) is 0 Å². The van der Waals surface area contributed by atoms with E-state index in [2.05, 4.69) is 60.4 Å². The highest BCUT2D eigenvalue weighted by Gasteiger charge is 2.35. The van der Waals surface area contributed by atoms with Crippen LogP contribution < -0.4 is 0 Å². The van der Waals surface area contributed by atoms with Crippen LogP contribution in [0.1, 0.15) is 30.9 Å². The molecule has 1 fully saturated rings. The molecule has 0 aliphatic heterocycles. The highest BCUT2D eigenvalue weighted by Crippen LogP contribution is 2.35. The number of aliphatic hydroxyl groups excluding tert-OH is 1. The molecule has 2 aromatic carbocycles. The Balaban J connectivity index is 1.74. The Morgan fingerprint density at radius 2 is 1.36 bits per heavy atom. The molecule has 2 unspecified atom stereocenters. The molecular formula is C20H25NO. The van der Waals surface area contributed by atoms with Crippen LogP contribution in [-0.4, -0.2) is 22.2 Å². The fraction of sp³-hybridized carbons (Fsp3) is 0.400. The monoisotopic (exact) mass is 295 g/mol. The van der Waals surface area contributed by atoms with Crippen LogP contribution in [0.15, 0.2) is 60.7 Å². The smallest absolute Gasteiger partial charge is 0.0721 e. The van der Waals surface area contributed by atoms with Crippen LogP contribution in [-0.2, 0) is 13.1 Å². The standard InChI is InChI=1S/C20H25NO/c1-16(20(22)19-12-13-19)21(14-17-8-4-2-5-9-17)15-18-10-6-3-7-11-18/h2-11,16,19-20,22H,12-15H2,1H3. The Kier molecular flexibility index (Phi) is 4.91. The average molecular weight is 295 g/mol. The molecule has 3 rings (SSSR count). The molecule has 2 nitrogen and oxygen atoms in total. The highest BCUT2D eigenvalue weighted by atomic mass is 16.3. The summed E-state index contributed by atoms with van der Waals surface area (Å²) in [6.45, 7) is 3.91. The third-order valence-electron chi connectivity index (χ3n) is 4.63. The van der Waals surface area contributed by atoms with E-state index in [1.807, 2.05) is 12.1 Å². The number of nitrogens with zero attached hydrogens (tertiary/aromatic N) is 1. The van der Waals surface area contributed by atoms with Gasteiger partial charge in [0.25, 0.3) is 0 Å². The molecule has 0 heterocycles. The lowest BCUT2D eigenvalue weighted by molar-refractivity contribution is 0.0352. The van der Waals surface area contributed by atoms with E-state index in [0.717, 1.165) is 13.1 Å². The van der Waals surface area contributed by atoms with Crippen molar-refractivity contribution in [2.24, 2.45) is 5.92 Å². The summed E-state index contributed by atoms with van der Waals surface area (Å²) < 4.78 is 0. The van der Waals surface area contributed by atoms with E-state index in [9.17, 15) is 5.11 Å². The molecule has 0 aromatic heterocycles. The molecule has 0 bridgehead atoms. The molecule has 1 saturated carbocycles. The summed E-state index contributed by atoms with van der Waals surface area (Å²) >= 11 is 0. The number of rotatable bonds is 7. The quantitative estimate of drug-likeness (QED) is 0.838.